The molecule has 2 N–H and O–H groups in total. The Labute approximate surface area is 133 Å². The number of guanidine groups is 1. The molecule has 0 saturated carbocycles. The van der Waals surface area contributed by atoms with Crippen LogP contribution in [0.2, 0.25) is 0 Å². The van der Waals surface area contributed by atoms with Crippen molar-refractivity contribution >= 4 is 16.0 Å². The van der Waals surface area contributed by atoms with Gasteiger partial charge in [0.25, 0.3) is 0 Å². The fraction of sp³-hybridized carbons (Fsp3) is 0.923. The fourth-order valence-corrected chi connectivity index (χ4v) is 3.62. The second-order valence-electron chi connectivity index (χ2n) is 4.95. The van der Waals surface area contributed by atoms with E-state index >= 15 is 0 Å². The van der Waals surface area contributed by atoms with Gasteiger partial charge in [-0.05, 0) is 12.8 Å². The van der Waals surface area contributed by atoms with Crippen molar-refractivity contribution in [2.24, 2.45) is 4.99 Å². The van der Waals surface area contributed by atoms with E-state index in [0.717, 1.165) is 19.4 Å². The van der Waals surface area contributed by atoms with Gasteiger partial charge in [-0.2, -0.15) is 0 Å². The first-order valence-electron chi connectivity index (χ1n) is 7.59. The summed E-state index contributed by atoms with van der Waals surface area (Å²) in [5.41, 5.74) is 0. The van der Waals surface area contributed by atoms with E-state index in [1.807, 2.05) is 0 Å². The Morgan fingerprint density at radius 2 is 2.00 bits per heavy atom. The van der Waals surface area contributed by atoms with Gasteiger partial charge >= 0.3 is 0 Å². The van der Waals surface area contributed by atoms with Crippen molar-refractivity contribution in [3.05, 3.63) is 0 Å². The topological polar surface area (TPSA) is 92.3 Å². The lowest BCUT2D eigenvalue weighted by Gasteiger charge is -2.16. The number of nitrogens with zero attached hydrogens (tertiary/aromatic N) is 2. The molecule has 1 saturated heterocycles. The Kier molecular flexibility index (Phi) is 9.37. The highest BCUT2D eigenvalue weighted by molar-refractivity contribution is 7.89. The second-order valence-corrected chi connectivity index (χ2v) is 7.04. The number of nitrogens with one attached hydrogen (secondary N) is 2. The summed E-state index contributed by atoms with van der Waals surface area (Å²) in [5, 5.41) is 6.28. The van der Waals surface area contributed by atoms with Gasteiger partial charge in [0.1, 0.15) is 0 Å². The van der Waals surface area contributed by atoms with Crippen LogP contribution in [-0.4, -0.2) is 84.6 Å². The van der Waals surface area contributed by atoms with Crippen LogP contribution in [0.15, 0.2) is 4.99 Å². The Bertz CT molecular complexity index is 428. The smallest absolute Gasteiger partial charge is 0.214 e. The third-order valence-corrected chi connectivity index (χ3v) is 5.23. The molecule has 0 spiro atoms. The van der Waals surface area contributed by atoms with Crippen LogP contribution in [0, 0.1) is 0 Å². The predicted molar refractivity (Wildman–Crippen MR) is 86.7 cm³/mol. The number of sulfonamides is 1. The van der Waals surface area contributed by atoms with Gasteiger partial charge in [-0.25, -0.2) is 12.7 Å². The van der Waals surface area contributed by atoms with Crippen LogP contribution in [0.3, 0.4) is 0 Å². The van der Waals surface area contributed by atoms with Crippen LogP contribution in [0.1, 0.15) is 12.8 Å². The zero-order valence-corrected chi connectivity index (χ0v) is 14.3. The molecule has 22 heavy (non-hydrogen) atoms. The van der Waals surface area contributed by atoms with Crippen molar-refractivity contribution < 1.29 is 17.9 Å². The summed E-state index contributed by atoms with van der Waals surface area (Å²) in [4.78, 5) is 4.10. The fourth-order valence-electron chi connectivity index (χ4n) is 2.09. The van der Waals surface area contributed by atoms with Crippen molar-refractivity contribution in [1.29, 1.82) is 0 Å². The van der Waals surface area contributed by atoms with Gasteiger partial charge in [0, 0.05) is 46.9 Å². The number of ether oxygens (including phenoxy) is 2. The van der Waals surface area contributed by atoms with E-state index in [2.05, 4.69) is 15.6 Å². The third kappa shape index (κ3) is 7.39. The second kappa shape index (κ2) is 10.8. The highest BCUT2D eigenvalue weighted by Gasteiger charge is 2.27. The molecule has 0 aromatic rings. The lowest BCUT2D eigenvalue weighted by Crippen LogP contribution is -2.42. The molecule has 1 rings (SSSR count). The molecule has 0 aliphatic carbocycles. The van der Waals surface area contributed by atoms with Gasteiger partial charge in [0.15, 0.2) is 5.96 Å². The number of rotatable bonds is 10. The maximum Gasteiger partial charge on any atom is 0.214 e. The zero-order chi connectivity index (χ0) is 16.3. The molecule has 1 aliphatic rings. The first-order valence-corrected chi connectivity index (χ1v) is 9.20. The molecule has 0 radical (unpaired) electrons. The van der Waals surface area contributed by atoms with E-state index in [4.69, 9.17) is 9.47 Å². The van der Waals surface area contributed by atoms with Crippen molar-refractivity contribution in [3.8, 4) is 0 Å². The average molecular weight is 336 g/mol. The minimum atomic E-state index is -3.02. The maximum atomic E-state index is 11.7. The molecule has 0 aromatic heterocycles. The molecule has 0 unspecified atom stereocenters. The van der Waals surface area contributed by atoms with Crippen molar-refractivity contribution in [3.63, 3.8) is 0 Å². The lowest BCUT2D eigenvalue weighted by atomic mass is 10.4. The number of hydrogen-bond acceptors (Lipinski definition) is 5. The van der Waals surface area contributed by atoms with Crippen LogP contribution in [0.4, 0.5) is 0 Å². The van der Waals surface area contributed by atoms with Gasteiger partial charge in [-0.15, -0.1) is 0 Å². The van der Waals surface area contributed by atoms with Crippen molar-refractivity contribution in [1.82, 2.24) is 14.9 Å². The standard InChI is InChI=1S/C13H28N4O4S/c1-14-13(15-5-3-9-21-11-10-20-2)16-6-8-17-7-4-12-22(17,18)19/h3-12H2,1-2H3,(H2,14,15,16). The molecule has 1 aliphatic heterocycles. The predicted octanol–water partition coefficient (Wildman–Crippen LogP) is -0.760. The summed E-state index contributed by atoms with van der Waals surface area (Å²) >= 11 is 0. The summed E-state index contributed by atoms with van der Waals surface area (Å²) < 4.78 is 35.1. The monoisotopic (exact) mass is 336 g/mol. The van der Waals surface area contributed by atoms with Gasteiger partial charge < -0.3 is 20.1 Å². The Morgan fingerprint density at radius 3 is 2.64 bits per heavy atom. The highest BCUT2D eigenvalue weighted by Crippen LogP contribution is 2.11. The van der Waals surface area contributed by atoms with E-state index in [1.165, 1.54) is 4.31 Å². The van der Waals surface area contributed by atoms with Crippen molar-refractivity contribution in [2.45, 2.75) is 12.8 Å². The zero-order valence-electron chi connectivity index (χ0n) is 13.5. The average Bonchev–Trinajstić information content (AvgIpc) is 2.83. The number of hydrogen-bond donors (Lipinski definition) is 2. The first-order chi connectivity index (χ1) is 10.6. The molecule has 9 heteroatoms. The van der Waals surface area contributed by atoms with E-state index in [-0.39, 0.29) is 5.75 Å². The highest BCUT2D eigenvalue weighted by atomic mass is 32.2. The molecule has 1 fully saturated rings. The first kappa shape index (κ1) is 19.1. The quantitative estimate of drug-likeness (QED) is 0.309. The van der Waals surface area contributed by atoms with Gasteiger partial charge in [-0.1, -0.05) is 0 Å². The van der Waals surface area contributed by atoms with E-state index in [1.54, 1.807) is 14.2 Å². The normalized spacial score (nSPS) is 18.5. The minimum absolute atomic E-state index is 0.267. The number of aliphatic imine (C=N–C) groups is 1. The molecule has 0 bridgehead atoms. The third-order valence-electron chi connectivity index (χ3n) is 3.27. The molecule has 130 valence electrons. The van der Waals surface area contributed by atoms with Gasteiger partial charge in [0.2, 0.25) is 10.0 Å². The van der Waals surface area contributed by atoms with Crippen LogP contribution in [-0.2, 0) is 19.5 Å². The molecule has 1 heterocycles. The summed E-state index contributed by atoms with van der Waals surface area (Å²) in [6, 6.07) is 0. The number of methoxy groups -OCH3 is 1. The summed E-state index contributed by atoms with van der Waals surface area (Å²) in [6.45, 7) is 4.26. The Balaban J connectivity index is 2.08. The SMILES string of the molecule is CN=C(NCCCOCCOC)NCCN1CCCS1(=O)=O. The molecular formula is C13H28N4O4S. The van der Waals surface area contributed by atoms with Crippen LogP contribution >= 0.6 is 0 Å². The lowest BCUT2D eigenvalue weighted by molar-refractivity contribution is 0.0698. The minimum Gasteiger partial charge on any atom is -0.382 e. The molecule has 0 atom stereocenters. The van der Waals surface area contributed by atoms with Gasteiger partial charge in [0.05, 0.1) is 19.0 Å². The van der Waals surface area contributed by atoms with Crippen LogP contribution in [0.5, 0.6) is 0 Å². The van der Waals surface area contributed by atoms with E-state index < -0.39 is 10.0 Å². The molecule has 8 nitrogen and oxygen atoms in total. The largest absolute Gasteiger partial charge is 0.382 e. The van der Waals surface area contributed by atoms with Gasteiger partial charge in [-0.3, -0.25) is 4.99 Å². The molecular weight excluding hydrogens is 308 g/mol. The summed E-state index contributed by atoms with van der Waals surface area (Å²) in [5.74, 6) is 0.941. The van der Waals surface area contributed by atoms with Crippen molar-refractivity contribution in [2.75, 3.05) is 65.9 Å². The molecule has 0 amide bonds. The van der Waals surface area contributed by atoms with Crippen LogP contribution < -0.4 is 10.6 Å². The summed E-state index contributed by atoms with van der Waals surface area (Å²) in [7, 11) is 0.321. The Morgan fingerprint density at radius 1 is 1.23 bits per heavy atom. The Hall–Kier alpha value is -0.900. The van der Waals surface area contributed by atoms with Crippen LogP contribution in [0.25, 0.3) is 0 Å². The molecule has 0 aromatic carbocycles. The van der Waals surface area contributed by atoms with E-state index in [9.17, 15) is 8.42 Å². The summed E-state index contributed by atoms with van der Waals surface area (Å²) in [6.07, 6.45) is 1.59. The van der Waals surface area contributed by atoms with E-state index in [0.29, 0.717) is 45.4 Å². The maximum absolute atomic E-state index is 11.7.